The summed E-state index contributed by atoms with van der Waals surface area (Å²) >= 11 is 1.79. The molecule has 3 N–H and O–H groups in total. The quantitative estimate of drug-likeness (QED) is 0.435. The summed E-state index contributed by atoms with van der Waals surface area (Å²) in [5.41, 5.74) is 11.5. The third-order valence-electron chi connectivity index (χ3n) is 5.88. The lowest BCUT2D eigenvalue weighted by atomic mass is 9.97. The van der Waals surface area contributed by atoms with Crippen molar-refractivity contribution in [3.8, 4) is 11.4 Å². The van der Waals surface area contributed by atoms with Gasteiger partial charge in [0.25, 0.3) is 0 Å². The van der Waals surface area contributed by atoms with E-state index in [0.717, 1.165) is 61.6 Å². The predicted octanol–water partition coefficient (Wildman–Crippen LogP) is 3.58. The monoisotopic (exact) mass is 448 g/mol. The van der Waals surface area contributed by atoms with Gasteiger partial charge in [-0.1, -0.05) is 26.0 Å². The van der Waals surface area contributed by atoms with Crippen molar-refractivity contribution in [3.05, 3.63) is 47.0 Å². The minimum Gasteiger partial charge on any atom is -0.398 e. The fraction of sp³-hybridized carbons (Fsp3) is 0.391. The fourth-order valence-electron chi connectivity index (χ4n) is 4.31. The number of fused-ring (bicyclic) bond motifs is 1. The number of tetrazole rings is 1. The second-order valence-electron chi connectivity index (χ2n) is 8.74. The van der Waals surface area contributed by atoms with Crippen molar-refractivity contribution in [3.63, 3.8) is 0 Å². The Morgan fingerprint density at radius 2 is 1.94 bits per heavy atom. The number of nitrogens with zero attached hydrogens (tertiary/aromatic N) is 6. The molecule has 166 valence electrons. The number of rotatable bonds is 6. The molecule has 5 rings (SSSR count). The molecule has 4 aromatic rings. The number of hydrogen-bond acceptors (Lipinski definition) is 8. The Bertz CT molecular complexity index is 1160. The van der Waals surface area contributed by atoms with Gasteiger partial charge in [0, 0.05) is 43.1 Å². The zero-order valence-corrected chi connectivity index (χ0v) is 19.3. The van der Waals surface area contributed by atoms with Crippen molar-refractivity contribution in [2.75, 3.05) is 36.8 Å². The van der Waals surface area contributed by atoms with E-state index in [1.54, 1.807) is 11.3 Å². The van der Waals surface area contributed by atoms with Crippen LogP contribution < -0.4 is 10.6 Å². The lowest BCUT2D eigenvalue weighted by Gasteiger charge is -2.36. The van der Waals surface area contributed by atoms with Crippen LogP contribution in [0.2, 0.25) is 0 Å². The number of nitrogens with one attached hydrogen (secondary N) is 1. The molecule has 0 unspecified atom stereocenters. The number of nitrogens with two attached hydrogens (primary N) is 1. The zero-order chi connectivity index (χ0) is 22.1. The average molecular weight is 449 g/mol. The number of aromatic amines is 1. The summed E-state index contributed by atoms with van der Waals surface area (Å²) in [5.74, 6) is 1.12. The second-order valence-corrected chi connectivity index (χ2v) is 9.86. The largest absolute Gasteiger partial charge is 0.398 e. The molecule has 2 aromatic carbocycles. The van der Waals surface area contributed by atoms with Crippen LogP contribution in [-0.2, 0) is 13.0 Å². The summed E-state index contributed by atoms with van der Waals surface area (Å²) in [7, 11) is 0. The summed E-state index contributed by atoms with van der Waals surface area (Å²) in [5, 5.41) is 15.9. The highest BCUT2D eigenvalue weighted by Crippen LogP contribution is 2.34. The number of H-pyrrole nitrogens is 1. The third-order valence-corrected chi connectivity index (χ3v) is 6.90. The first-order valence-corrected chi connectivity index (χ1v) is 11.9. The lowest BCUT2D eigenvalue weighted by Crippen LogP contribution is -2.46. The minimum absolute atomic E-state index is 0.534. The van der Waals surface area contributed by atoms with Crippen molar-refractivity contribution in [1.29, 1.82) is 0 Å². The molecule has 32 heavy (non-hydrogen) atoms. The number of benzene rings is 2. The zero-order valence-electron chi connectivity index (χ0n) is 18.5. The molecule has 3 heterocycles. The average Bonchev–Trinajstić information content (AvgIpc) is 3.45. The second kappa shape index (κ2) is 8.84. The van der Waals surface area contributed by atoms with Crippen LogP contribution in [-0.4, -0.2) is 56.7 Å². The SMILES string of the molecule is CC(C)Cc1cc(N2CCN(Cc3nc4ccccc4s3)CC2)c(-c2nn[nH]n2)cc1N. The van der Waals surface area contributed by atoms with E-state index in [-0.39, 0.29) is 0 Å². The number of aromatic nitrogens is 5. The smallest absolute Gasteiger partial charge is 0.206 e. The first-order chi connectivity index (χ1) is 15.6. The standard InChI is InChI=1S/C23H28N8S/c1-15(2)11-16-12-20(17(13-18(16)24)23-26-28-29-27-23)31-9-7-30(8-10-31)14-22-25-19-5-3-4-6-21(19)32-22/h3-6,12-13,15H,7-11,14,24H2,1-2H3,(H,26,27,28,29). The Morgan fingerprint density at radius 1 is 1.12 bits per heavy atom. The number of thiazole rings is 1. The fourth-order valence-corrected chi connectivity index (χ4v) is 5.32. The van der Waals surface area contributed by atoms with Crippen LogP contribution in [0.25, 0.3) is 21.6 Å². The van der Waals surface area contributed by atoms with E-state index in [1.165, 1.54) is 15.3 Å². The van der Waals surface area contributed by atoms with E-state index < -0.39 is 0 Å². The Kier molecular flexibility index (Phi) is 5.75. The Morgan fingerprint density at radius 3 is 2.66 bits per heavy atom. The molecule has 1 aliphatic rings. The first-order valence-electron chi connectivity index (χ1n) is 11.0. The highest BCUT2D eigenvalue weighted by atomic mass is 32.1. The summed E-state index contributed by atoms with van der Waals surface area (Å²) < 4.78 is 1.26. The van der Waals surface area contributed by atoms with E-state index >= 15 is 0 Å². The van der Waals surface area contributed by atoms with E-state index in [2.05, 4.69) is 68.5 Å². The number of anilines is 2. The number of hydrogen-bond donors (Lipinski definition) is 2. The van der Waals surface area contributed by atoms with Crippen LogP contribution in [0.15, 0.2) is 36.4 Å². The molecule has 1 fully saturated rings. The van der Waals surface area contributed by atoms with Gasteiger partial charge in [0.1, 0.15) is 5.01 Å². The summed E-state index contributed by atoms with van der Waals surface area (Å²) in [6.45, 7) is 9.14. The Hall–Kier alpha value is -3.04. The summed E-state index contributed by atoms with van der Waals surface area (Å²) in [4.78, 5) is 9.70. The highest BCUT2D eigenvalue weighted by molar-refractivity contribution is 7.18. The van der Waals surface area contributed by atoms with E-state index in [0.29, 0.717) is 11.7 Å². The van der Waals surface area contributed by atoms with Gasteiger partial charge in [-0.25, -0.2) is 4.98 Å². The summed E-state index contributed by atoms with van der Waals surface area (Å²) in [6, 6.07) is 12.6. The molecule has 0 saturated carbocycles. The van der Waals surface area contributed by atoms with Crippen molar-refractivity contribution < 1.29 is 0 Å². The van der Waals surface area contributed by atoms with Crippen LogP contribution in [0, 0.1) is 5.92 Å². The molecule has 2 aromatic heterocycles. The molecule has 0 bridgehead atoms. The Balaban J connectivity index is 1.34. The maximum atomic E-state index is 6.40. The minimum atomic E-state index is 0.534. The van der Waals surface area contributed by atoms with Gasteiger partial charge in [0.15, 0.2) is 0 Å². The topological polar surface area (TPSA) is 99.9 Å². The van der Waals surface area contributed by atoms with Gasteiger partial charge in [-0.2, -0.15) is 5.21 Å². The Labute approximate surface area is 191 Å². The molecule has 8 nitrogen and oxygen atoms in total. The molecule has 1 saturated heterocycles. The van der Waals surface area contributed by atoms with E-state index in [9.17, 15) is 0 Å². The normalized spacial score (nSPS) is 15.2. The van der Waals surface area contributed by atoms with Crippen LogP contribution in [0.3, 0.4) is 0 Å². The number of nitrogen functional groups attached to an aromatic ring is 1. The molecule has 0 radical (unpaired) electrons. The molecule has 0 amide bonds. The van der Waals surface area contributed by atoms with E-state index in [1.807, 2.05) is 12.1 Å². The first kappa shape index (κ1) is 20.8. The molecular formula is C23H28N8S. The maximum absolute atomic E-state index is 6.40. The van der Waals surface area contributed by atoms with Gasteiger partial charge < -0.3 is 10.6 Å². The van der Waals surface area contributed by atoms with Crippen LogP contribution in [0.5, 0.6) is 0 Å². The van der Waals surface area contributed by atoms with Gasteiger partial charge in [0.2, 0.25) is 5.82 Å². The van der Waals surface area contributed by atoms with Gasteiger partial charge >= 0.3 is 0 Å². The van der Waals surface area contributed by atoms with Crippen LogP contribution in [0.4, 0.5) is 11.4 Å². The van der Waals surface area contributed by atoms with Gasteiger partial charge in [0.05, 0.1) is 16.8 Å². The maximum Gasteiger partial charge on any atom is 0.206 e. The van der Waals surface area contributed by atoms with Gasteiger partial charge in [-0.15, -0.1) is 21.5 Å². The van der Waals surface area contributed by atoms with Crippen LogP contribution >= 0.6 is 11.3 Å². The van der Waals surface area contributed by atoms with Gasteiger partial charge in [-0.05, 0) is 47.4 Å². The molecule has 0 aliphatic carbocycles. The van der Waals surface area contributed by atoms with Gasteiger partial charge in [-0.3, -0.25) is 4.90 Å². The molecule has 0 spiro atoms. The van der Waals surface area contributed by atoms with Crippen LogP contribution in [0.1, 0.15) is 24.4 Å². The van der Waals surface area contributed by atoms with Crippen molar-refractivity contribution >= 4 is 32.9 Å². The molecular weight excluding hydrogens is 420 g/mol. The molecule has 0 atom stereocenters. The lowest BCUT2D eigenvalue weighted by molar-refractivity contribution is 0.250. The van der Waals surface area contributed by atoms with Crippen molar-refractivity contribution in [2.45, 2.75) is 26.8 Å². The number of piperazine rings is 1. The predicted molar refractivity (Wildman–Crippen MR) is 130 cm³/mol. The molecule has 1 aliphatic heterocycles. The summed E-state index contributed by atoms with van der Waals surface area (Å²) in [6.07, 6.45) is 0.947. The van der Waals surface area contributed by atoms with Crippen molar-refractivity contribution in [1.82, 2.24) is 30.5 Å². The van der Waals surface area contributed by atoms with Crippen molar-refractivity contribution in [2.24, 2.45) is 5.92 Å². The number of para-hydroxylation sites is 1. The van der Waals surface area contributed by atoms with E-state index in [4.69, 9.17) is 10.7 Å². The third kappa shape index (κ3) is 4.31. The molecule has 9 heteroatoms. The highest BCUT2D eigenvalue weighted by Gasteiger charge is 2.23.